The number of nitrogens with one attached hydrogen (secondary N) is 1. The Morgan fingerprint density at radius 2 is 1.86 bits per heavy atom. The molecule has 0 saturated heterocycles. The molecule has 146 valence electrons. The third-order valence-electron chi connectivity index (χ3n) is 4.27. The molecule has 0 spiro atoms. The third kappa shape index (κ3) is 3.72. The summed E-state index contributed by atoms with van der Waals surface area (Å²) in [7, 11) is 3.01. The van der Waals surface area contributed by atoms with Crippen LogP contribution in [0.1, 0.15) is 10.4 Å². The first-order valence-electron chi connectivity index (χ1n) is 8.64. The number of anilines is 1. The van der Waals surface area contributed by atoms with Gasteiger partial charge in [0.1, 0.15) is 11.5 Å². The summed E-state index contributed by atoms with van der Waals surface area (Å²) in [5.41, 5.74) is 2.50. The summed E-state index contributed by atoms with van der Waals surface area (Å²) in [5, 5.41) is 3.26. The van der Waals surface area contributed by atoms with Gasteiger partial charge in [0.15, 0.2) is 11.2 Å². The largest absolute Gasteiger partial charge is 0.496 e. The van der Waals surface area contributed by atoms with E-state index in [2.05, 4.69) is 15.3 Å². The molecule has 0 atom stereocenters. The highest BCUT2D eigenvalue weighted by atomic mass is 35.5. The number of ether oxygens (including phenoxy) is 2. The van der Waals surface area contributed by atoms with Crippen molar-refractivity contribution in [2.24, 2.45) is 0 Å². The molecule has 8 heteroatoms. The Morgan fingerprint density at radius 1 is 1.07 bits per heavy atom. The first kappa shape index (κ1) is 18.8. The number of methoxy groups -OCH3 is 2. The molecule has 0 bridgehead atoms. The summed E-state index contributed by atoms with van der Waals surface area (Å²) in [5.74, 6) is 0.889. The summed E-state index contributed by atoms with van der Waals surface area (Å²) >= 11 is 6.04. The summed E-state index contributed by atoms with van der Waals surface area (Å²) in [4.78, 5) is 21.4. The van der Waals surface area contributed by atoms with Crippen LogP contribution >= 0.6 is 11.6 Å². The van der Waals surface area contributed by atoms with Crippen LogP contribution in [0.15, 0.2) is 59.1 Å². The second-order valence-corrected chi connectivity index (χ2v) is 6.49. The van der Waals surface area contributed by atoms with Gasteiger partial charge < -0.3 is 19.2 Å². The van der Waals surface area contributed by atoms with E-state index in [1.807, 2.05) is 0 Å². The van der Waals surface area contributed by atoms with Gasteiger partial charge >= 0.3 is 0 Å². The zero-order valence-corrected chi connectivity index (χ0v) is 16.4. The maximum absolute atomic E-state index is 12.8. The molecule has 1 N–H and O–H groups in total. The summed E-state index contributed by atoms with van der Waals surface area (Å²) in [6, 6.07) is 13.6. The Labute approximate surface area is 171 Å². The predicted molar refractivity (Wildman–Crippen MR) is 110 cm³/mol. The van der Waals surface area contributed by atoms with E-state index in [4.69, 9.17) is 25.5 Å². The van der Waals surface area contributed by atoms with Crippen LogP contribution in [-0.4, -0.2) is 30.1 Å². The zero-order chi connectivity index (χ0) is 20.4. The van der Waals surface area contributed by atoms with Crippen LogP contribution in [0.3, 0.4) is 0 Å². The Balaban J connectivity index is 1.70. The van der Waals surface area contributed by atoms with Gasteiger partial charge in [-0.2, -0.15) is 4.98 Å². The number of oxazole rings is 1. The van der Waals surface area contributed by atoms with Gasteiger partial charge in [0.2, 0.25) is 5.89 Å². The molecule has 0 aliphatic rings. The van der Waals surface area contributed by atoms with E-state index in [-0.39, 0.29) is 5.91 Å². The van der Waals surface area contributed by atoms with Crippen LogP contribution in [0.5, 0.6) is 11.5 Å². The fraction of sp³-hybridized carbons (Fsp3) is 0.0952. The standard InChI is InChI=1S/C21H16ClN3O4/c1-27-16-8-6-13(22)11-14(16)20(26)24-15-10-12(5-7-17(15)28-2)21-25-19-18(29-21)4-3-9-23-19/h3-11H,1-2H3,(H,24,26). The molecule has 2 aromatic heterocycles. The van der Waals surface area contributed by atoms with Gasteiger partial charge in [-0.05, 0) is 48.5 Å². The molecular weight excluding hydrogens is 394 g/mol. The van der Waals surface area contributed by atoms with Gasteiger partial charge in [0, 0.05) is 16.8 Å². The highest BCUT2D eigenvalue weighted by Gasteiger charge is 2.17. The summed E-state index contributed by atoms with van der Waals surface area (Å²) in [6.45, 7) is 0. The van der Waals surface area contributed by atoms with Crippen LogP contribution in [0.4, 0.5) is 5.69 Å². The quantitative estimate of drug-likeness (QED) is 0.509. The molecule has 0 unspecified atom stereocenters. The molecule has 29 heavy (non-hydrogen) atoms. The van der Waals surface area contributed by atoms with E-state index in [1.54, 1.807) is 54.7 Å². The van der Waals surface area contributed by atoms with Gasteiger partial charge in [-0.25, -0.2) is 4.98 Å². The minimum absolute atomic E-state index is 0.304. The smallest absolute Gasteiger partial charge is 0.259 e. The highest BCUT2D eigenvalue weighted by molar-refractivity contribution is 6.31. The predicted octanol–water partition coefficient (Wildman–Crippen LogP) is 4.81. The maximum atomic E-state index is 12.8. The number of halogens is 1. The molecule has 4 rings (SSSR count). The molecule has 0 aliphatic heterocycles. The van der Waals surface area contributed by atoms with Crippen molar-refractivity contribution in [3.8, 4) is 23.0 Å². The van der Waals surface area contributed by atoms with Gasteiger partial charge in [-0.15, -0.1) is 0 Å². The van der Waals surface area contributed by atoms with E-state index in [0.29, 0.717) is 50.5 Å². The minimum Gasteiger partial charge on any atom is -0.496 e. The maximum Gasteiger partial charge on any atom is 0.259 e. The number of hydrogen-bond donors (Lipinski definition) is 1. The number of nitrogens with zero attached hydrogens (tertiary/aromatic N) is 2. The summed E-state index contributed by atoms with van der Waals surface area (Å²) in [6.07, 6.45) is 1.65. The number of amides is 1. The number of benzene rings is 2. The Morgan fingerprint density at radius 3 is 2.62 bits per heavy atom. The van der Waals surface area contributed by atoms with Crippen molar-refractivity contribution in [3.63, 3.8) is 0 Å². The van der Waals surface area contributed by atoms with Crippen LogP contribution in [0.2, 0.25) is 5.02 Å². The van der Waals surface area contributed by atoms with Crippen molar-refractivity contribution >= 4 is 34.4 Å². The first-order chi connectivity index (χ1) is 14.1. The second kappa shape index (κ2) is 7.81. The van der Waals surface area contributed by atoms with E-state index in [9.17, 15) is 4.79 Å². The van der Waals surface area contributed by atoms with E-state index in [1.165, 1.54) is 14.2 Å². The van der Waals surface area contributed by atoms with Crippen molar-refractivity contribution in [1.29, 1.82) is 0 Å². The topological polar surface area (TPSA) is 86.5 Å². The second-order valence-electron chi connectivity index (χ2n) is 6.06. The highest BCUT2D eigenvalue weighted by Crippen LogP contribution is 2.32. The van der Waals surface area contributed by atoms with Crippen molar-refractivity contribution in [2.45, 2.75) is 0 Å². The van der Waals surface area contributed by atoms with Crippen molar-refractivity contribution < 1.29 is 18.7 Å². The van der Waals surface area contributed by atoms with Gasteiger partial charge in [0.05, 0.1) is 25.5 Å². The number of hydrogen-bond acceptors (Lipinski definition) is 6. The lowest BCUT2D eigenvalue weighted by molar-refractivity contribution is 0.102. The Kier molecular flexibility index (Phi) is 5.05. The SMILES string of the molecule is COc1ccc(-c2nc3ncccc3o2)cc1NC(=O)c1cc(Cl)ccc1OC. The molecule has 0 saturated carbocycles. The molecule has 0 aliphatic carbocycles. The number of carbonyl (C=O) groups is 1. The molecule has 1 amide bonds. The van der Waals surface area contributed by atoms with Crippen molar-refractivity contribution in [3.05, 3.63) is 65.3 Å². The van der Waals surface area contributed by atoms with Crippen molar-refractivity contribution in [1.82, 2.24) is 9.97 Å². The van der Waals surface area contributed by atoms with E-state index < -0.39 is 0 Å². The Bertz CT molecular complexity index is 1170. The van der Waals surface area contributed by atoms with Gasteiger partial charge in [-0.3, -0.25) is 4.79 Å². The first-order valence-corrected chi connectivity index (χ1v) is 9.01. The van der Waals surface area contributed by atoms with Crippen LogP contribution < -0.4 is 14.8 Å². The summed E-state index contributed by atoms with van der Waals surface area (Å²) < 4.78 is 16.4. The minimum atomic E-state index is -0.390. The molecule has 4 aromatic rings. The average molecular weight is 410 g/mol. The third-order valence-corrected chi connectivity index (χ3v) is 4.50. The molecule has 7 nitrogen and oxygen atoms in total. The molecule has 0 radical (unpaired) electrons. The van der Waals surface area contributed by atoms with E-state index >= 15 is 0 Å². The average Bonchev–Trinajstić information content (AvgIpc) is 3.18. The normalized spacial score (nSPS) is 10.7. The lowest BCUT2D eigenvalue weighted by Crippen LogP contribution is -2.14. The number of rotatable bonds is 5. The number of fused-ring (bicyclic) bond motifs is 1. The van der Waals surface area contributed by atoms with Crippen LogP contribution in [0.25, 0.3) is 22.7 Å². The van der Waals surface area contributed by atoms with Crippen LogP contribution in [0, 0.1) is 0 Å². The van der Waals surface area contributed by atoms with Crippen molar-refractivity contribution in [2.75, 3.05) is 19.5 Å². The number of aromatic nitrogens is 2. The van der Waals surface area contributed by atoms with Gasteiger partial charge in [-0.1, -0.05) is 11.6 Å². The Hall–Kier alpha value is -3.58. The fourth-order valence-electron chi connectivity index (χ4n) is 2.88. The van der Waals surface area contributed by atoms with Gasteiger partial charge in [0.25, 0.3) is 5.91 Å². The molecule has 0 fully saturated rings. The monoisotopic (exact) mass is 409 g/mol. The number of pyridine rings is 1. The lowest BCUT2D eigenvalue weighted by atomic mass is 10.1. The van der Waals surface area contributed by atoms with Crippen LogP contribution in [-0.2, 0) is 0 Å². The number of carbonyl (C=O) groups excluding carboxylic acids is 1. The lowest BCUT2D eigenvalue weighted by Gasteiger charge is -2.13. The molecular formula is C21H16ClN3O4. The molecule has 2 aromatic carbocycles. The molecule has 2 heterocycles. The zero-order valence-electron chi connectivity index (χ0n) is 15.6. The fourth-order valence-corrected chi connectivity index (χ4v) is 3.05. The van der Waals surface area contributed by atoms with E-state index in [0.717, 1.165) is 0 Å².